The number of nitrogens with two attached hydrogens (primary N) is 1. The predicted octanol–water partition coefficient (Wildman–Crippen LogP) is 1.36. The van der Waals surface area contributed by atoms with Gasteiger partial charge in [0.2, 0.25) is 17.7 Å². The topological polar surface area (TPSA) is 174 Å². The molecule has 0 saturated heterocycles. The molecule has 2 aromatic rings. The standard InChI is InChI=1S/C23H27N5O5/c24-23(25)16-6-8-17(9-7-16)27-19(29)10-11-20(30)28-18(13-22(32)33)12-21(31)26-14-15-4-2-1-3-5-15/h1-9,18H,10-14H2,(H3,24,25)(H,26,31)(H,27,29)(H,28,30)(H,32,33). The van der Waals surface area contributed by atoms with Crippen molar-refractivity contribution in [1.82, 2.24) is 10.6 Å². The minimum atomic E-state index is -1.15. The zero-order valence-corrected chi connectivity index (χ0v) is 18.0. The first-order valence-corrected chi connectivity index (χ1v) is 10.3. The molecule has 10 heteroatoms. The highest BCUT2D eigenvalue weighted by molar-refractivity contribution is 5.96. The third-order valence-corrected chi connectivity index (χ3v) is 4.61. The smallest absolute Gasteiger partial charge is 0.305 e. The normalized spacial score (nSPS) is 11.2. The van der Waals surface area contributed by atoms with Crippen molar-refractivity contribution >= 4 is 35.2 Å². The van der Waals surface area contributed by atoms with E-state index in [9.17, 15) is 19.2 Å². The van der Waals surface area contributed by atoms with E-state index in [0.717, 1.165) is 5.56 Å². The zero-order chi connectivity index (χ0) is 24.2. The zero-order valence-electron chi connectivity index (χ0n) is 18.0. The Hall–Kier alpha value is -4.21. The number of rotatable bonds is 12. The lowest BCUT2D eigenvalue weighted by atomic mass is 10.1. The first-order chi connectivity index (χ1) is 15.7. The van der Waals surface area contributed by atoms with E-state index >= 15 is 0 Å². The fourth-order valence-electron chi connectivity index (χ4n) is 2.96. The summed E-state index contributed by atoms with van der Waals surface area (Å²) >= 11 is 0. The van der Waals surface area contributed by atoms with Crippen LogP contribution in [0.25, 0.3) is 0 Å². The summed E-state index contributed by atoms with van der Waals surface area (Å²) in [6.45, 7) is 0.293. The van der Waals surface area contributed by atoms with Gasteiger partial charge in [0.1, 0.15) is 5.84 Å². The summed E-state index contributed by atoms with van der Waals surface area (Å²) in [5.74, 6) is -2.57. The van der Waals surface area contributed by atoms with Gasteiger partial charge in [0.15, 0.2) is 0 Å². The molecule has 33 heavy (non-hydrogen) atoms. The van der Waals surface area contributed by atoms with Crippen molar-refractivity contribution in [1.29, 1.82) is 5.41 Å². The third-order valence-electron chi connectivity index (χ3n) is 4.61. The molecule has 0 aliphatic heterocycles. The average Bonchev–Trinajstić information content (AvgIpc) is 2.77. The number of carbonyl (C=O) groups is 4. The molecule has 174 valence electrons. The van der Waals surface area contributed by atoms with E-state index in [1.807, 2.05) is 30.3 Å². The fraction of sp³-hybridized carbons (Fsp3) is 0.261. The SMILES string of the molecule is N=C(N)c1ccc(NC(=O)CCC(=O)NC(CC(=O)O)CC(=O)NCc2ccccc2)cc1. The maximum Gasteiger partial charge on any atom is 0.305 e. The van der Waals surface area contributed by atoms with Crippen molar-refractivity contribution in [2.75, 3.05) is 5.32 Å². The molecule has 10 nitrogen and oxygen atoms in total. The van der Waals surface area contributed by atoms with Crippen LogP contribution < -0.4 is 21.7 Å². The maximum atomic E-state index is 12.2. The molecule has 0 saturated carbocycles. The summed E-state index contributed by atoms with van der Waals surface area (Å²) in [5, 5.41) is 24.3. The van der Waals surface area contributed by atoms with Gasteiger partial charge < -0.3 is 26.8 Å². The Morgan fingerprint density at radius 3 is 2.12 bits per heavy atom. The Morgan fingerprint density at radius 2 is 1.52 bits per heavy atom. The molecule has 0 radical (unpaired) electrons. The van der Waals surface area contributed by atoms with E-state index in [0.29, 0.717) is 17.8 Å². The molecule has 1 atom stereocenters. The van der Waals surface area contributed by atoms with Crippen LogP contribution in [0.5, 0.6) is 0 Å². The number of hydrogen-bond acceptors (Lipinski definition) is 5. The Kier molecular flexibility index (Phi) is 9.56. The second kappa shape index (κ2) is 12.6. The highest BCUT2D eigenvalue weighted by Crippen LogP contribution is 2.10. The number of anilines is 1. The Labute approximate surface area is 191 Å². The minimum Gasteiger partial charge on any atom is -0.481 e. The van der Waals surface area contributed by atoms with Crippen molar-refractivity contribution in [2.24, 2.45) is 5.73 Å². The lowest BCUT2D eigenvalue weighted by Gasteiger charge is -2.17. The quantitative estimate of drug-likeness (QED) is 0.209. The van der Waals surface area contributed by atoms with Crippen molar-refractivity contribution in [3.8, 4) is 0 Å². The van der Waals surface area contributed by atoms with Crippen LogP contribution in [-0.2, 0) is 25.7 Å². The van der Waals surface area contributed by atoms with Gasteiger partial charge in [-0.1, -0.05) is 30.3 Å². The summed E-state index contributed by atoms with van der Waals surface area (Å²) in [6, 6.07) is 14.7. The van der Waals surface area contributed by atoms with Crippen LogP contribution in [0.15, 0.2) is 54.6 Å². The lowest BCUT2D eigenvalue weighted by molar-refractivity contribution is -0.138. The number of benzene rings is 2. The molecule has 3 amide bonds. The van der Waals surface area contributed by atoms with Gasteiger partial charge in [-0.25, -0.2) is 0 Å². The second-order valence-corrected chi connectivity index (χ2v) is 7.37. The van der Waals surface area contributed by atoms with Gasteiger partial charge in [0, 0.05) is 43.1 Å². The number of amidine groups is 1. The first kappa shape index (κ1) is 25.1. The maximum absolute atomic E-state index is 12.2. The van der Waals surface area contributed by atoms with Gasteiger partial charge in [-0.3, -0.25) is 24.6 Å². The van der Waals surface area contributed by atoms with Gasteiger partial charge in [-0.15, -0.1) is 0 Å². The lowest BCUT2D eigenvalue weighted by Crippen LogP contribution is -2.40. The molecule has 1 unspecified atom stereocenters. The summed E-state index contributed by atoms with van der Waals surface area (Å²) in [6.07, 6.45) is -0.905. The molecular formula is C23H27N5O5. The second-order valence-electron chi connectivity index (χ2n) is 7.37. The van der Waals surface area contributed by atoms with E-state index in [4.69, 9.17) is 16.2 Å². The molecule has 0 aliphatic rings. The molecule has 2 rings (SSSR count). The highest BCUT2D eigenvalue weighted by Gasteiger charge is 2.20. The van der Waals surface area contributed by atoms with Crippen LogP contribution in [0.1, 0.15) is 36.8 Å². The summed E-state index contributed by atoms with van der Waals surface area (Å²) < 4.78 is 0. The Bertz CT molecular complexity index is 992. The van der Waals surface area contributed by atoms with Gasteiger partial charge in [-0.2, -0.15) is 0 Å². The summed E-state index contributed by atoms with van der Waals surface area (Å²) in [5.41, 5.74) is 7.28. The number of carboxylic acid groups (broad SMARTS) is 1. The first-order valence-electron chi connectivity index (χ1n) is 10.3. The fourth-order valence-corrected chi connectivity index (χ4v) is 2.96. The molecule has 0 bridgehead atoms. The molecule has 2 aromatic carbocycles. The van der Waals surface area contributed by atoms with Crippen LogP contribution >= 0.6 is 0 Å². The van der Waals surface area contributed by atoms with E-state index in [1.165, 1.54) is 0 Å². The molecule has 0 heterocycles. The number of amides is 3. The molecule has 0 spiro atoms. The van der Waals surface area contributed by atoms with Gasteiger partial charge >= 0.3 is 5.97 Å². The molecule has 0 aromatic heterocycles. The van der Waals surface area contributed by atoms with Crippen LogP contribution in [0.3, 0.4) is 0 Å². The number of hydrogen-bond donors (Lipinski definition) is 6. The molecular weight excluding hydrogens is 426 g/mol. The van der Waals surface area contributed by atoms with E-state index < -0.39 is 36.2 Å². The van der Waals surface area contributed by atoms with Crippen LogP contribution in [0, 0.1) is 5.41 Å². The average molecular weight is 453 g/mol. The van der Waals surface area contributed by atoms with E-state index in [1.54, 1.807) is 24.3 Å². The van der Waals surface area contributed by atoms with E-state index in [2.05, 4.69) is 16.0 Å². The van der Waals surface area contributed by atoms with Crippen LogP contribution in [-0.4, -0.2) is 40.7 Å². The molecule has 0 fully saturated rings. The minimum absolute atomic E-state index is 0.0887. The third kappa shape index (κ3) is 9.64. The van der Waals surface area contributed by atoms with Gasteiger partial charge in [0.25, 0.3) is 0 Å². The van der Waals surface area contributed by atoms with E-state index in [-0.39, 0.29) is 25.1 Å². The van der Waals surface area contributed by atoms with Gasteiger partial charge in [0.05, 0.1) is 6.42 Å². The van der Waals surface area contributed by atoms with Crippen molar-refractivity contribution in [2.45, 2.75) is 38.3 Å². The summed E-state index contributed by atoms with van der Waals surface area (Å²) in [7, 11) is 0. The number of carboxylic acids is 1. The molecule has 0 aliphatic carbocycles. The van der Waals surface area contributed by atoms with Crippen molar-refractivity contribution in [3.63, 3.8) is 0 Å². The number of aliphatic carboxylic acids is 1. The Balaban J connectivity index is 1.79. The number of nitrogens with one attached hydrogen (secondary N) is 4. The monoisotopic (exact) mass is 453 g/mol. The van der Waals surface area contributed by atoms with Crippen molar-refractivity contribution < 1.29 is 24.3 Å². The Morgan fingerprint density at radius 1 is 0.879 bits per heavy atom. The van der Waals surface area contributed by atoms with Crippen LogP contribution in [0.4, 0.5) is 5.69 Å². The predicted molar refractivity (Wildman–Crippen MR) is 122 cm³/mol. The number of nitrogen functional groups attached to an aromatic ring is 1. The van der Waals surface area contributed by atoms with Gasteiger partial charge in [-0.05, 0) is 29.8 Å². The summed E-state index contributed by atoms with van der Waals surface area (Å²) in [4.78, 5) is 47.6. The largest absolute Gasteiger partial charge is 0.481 e. The molecule has 7 N–H and O–H groups in total. The highest BCUT2D eigenvalue weighted by atomic mass is 16.4. The van der Waals surface area contributed by atoms with Crippen LogP contribution in [0.2, 0.25) is 0 Å². The number of carbonyl (C=O) groups excluding carboxylic acids is 3. The van der Waals surface area contributed by atoms with Crippen molar-refractivity contribution in [3.05, 3.63) is 65.7 Å².